The lowest BCUT2D eigenvalue weighted by Gasteiger charge is -2.41. The third kappa shape index (κ3) is 9.49. The highest BCUT2D eigenvalue weighted by Gasteiger charge is 2.40. The Labute approximate surface area is 288 Å². The predicted octanol–water partition coefficient (Wildman–Crippen LogP) is 6.73. The maximum atomic E-state index is 13.7. The minimum atomic E-state index is -5.07. The van der Waals surface area contributed by atoms with Crippen molar-refractivity contribution in [3.05, 3.63) is 70.8 Å². The summed E-state index contributed by atoms with van der Waals surface area (Å²) in [5.74, 6) is -1.05. The Morgan fingerprint density at radius 3 is 1.98 bits per heavy atom. The van der Waals surface area contributed by atoms with Crippen LogP contribution in [0.25, 0.3) is 0 Å². The van der Waals surface area contributed by atoms with Crippen molar-refractivity contribution in [2.75, 3.05) is 45.8 Å². The number of rotatable bonds is 6. The molecule has 0 saturated carbocycles. The fourth-order valence-corrected chi connectivity index (χ4v) is 7.16. The molecule has 2 aromatic rings. The number of hydrogen-bond donors (Lipinski definition) is 0. The molecule has 3 aliphatic rings. The summed E-state index contributed by atoms with van der Waals surface area (Å²) in [4.78, 5) is 46.9. The van der Waals surface area contributed by atoms with Gasteiger partial charge in [-0.2, -0.15) is 26.3 Å². The van der Waals surface area contributed by atoms with Crippen LogP contribution in [0.5, 0.6) is 0 Å². The van der Waals surface area contributed by atoms with Crippen LogP contribution in [0.15, 0.2) is 48.5 Å². The first-order chi connectivity index (χ1) is 23.4. The standard InChI is InChI=1S/C36H44F6N4O4/c1-34(2,3)50-33(49)45-11-10-29(23-45)43-13-15-44(16-14-43)31(47)19-25-9-12-46(30(18-25)17-24-7-5-4-6-8-24)32(48)26-20-27(35(37,38)39)22-28(21-26)36(40,41)42/h4-8,20-22,25,29-30H,9-19,23H2,1-3H3. The van der Waals surface area contributed by atoms with Gasteiger partial charge in [-0.3, -0.25) is 14.5 Å². The number of hydrogen-bond acceptors (Lipinski definition) is 5. The van der Waals surface area contributed by atoms with Crippen LogP contribution in [0.2, 0.25) is 0 Å². The number of piperidine rings is 1. The van der Waals surface area contributed by atoms with Gasteiger partial charge < -0.3 is 19.4 Å². The Morgan fingerprint density at radius 2 is 1.40 bits per heavy atom. The molecule has 0 spiro atoms. The van der Waals surface area contributed by atoms with E-state index in [1.807, 2.05) is 56.0 Å². The van der Waals surface area contributed by atoms with E-state index in [0.29, 0.717) is 70.7 Å². The van der Waals surface area contributed by atoms with Gasteiger partial charge in [0, 0.05) is 69.9 Å². The van der Waals surface area contributed by atoms with E-state index in [4.69, 9.17) is 4.74 Å². The van der Waals surface area contributed by atoms with Gasteiger partial charge in [0.15, 0.2) is 0 Å². The van der Waals surface area contributed by atoms with Gasteiger partial charge in [-0.1, -0.05) is 30.3 Å². The summed E-state index contributed by atoms with van der Waals surface area (Å²) in [7, 11) is 0. The molecule has 0 radical (unpaired) electrons. The molecule has 3 heterocycles. The van der Waals surface area contributed by atoms with Gasteiger partial charge in [-0.15, -0.1) is 0 Å². The number of halogens is 6. The van der Waals surface area contributed by atoms with E-state index in [2.05, 4.69) is 4.90 Å². The van der Waals surface area contributed by atoms with E-state index in [-0.39, 0.29) is 43.0 Å². The smallest absolute Gasteiger partial charge is 0.416 e. The fraction of sp³-hybridized carbons (Fsp3) is 0.583. The largest absolute Gasteiger partial charge is 0.444 e. The van der Waals surface area contributed by atoms with E-state index in [9.17, 15) is 40.7 Å². The number of benzene rings is 2. The van der Waals surface area contributed by atoms with Gasteiger partial charge in [0.2, 0.25) is 5.91 Å². The zero-order chi connectivity index (χ0) is 36.4. The molecule has 3 atom stereocenters. The van der Waals surface area contributed by atoms with Crippen LogP contribution >= 0.6 is 0 Å². The van der Waals surface area contributed by atoms with E-state index in [1.165, 1.54) is 4.90 Å². The van der Waals surface area contributed by atoms with Gasteiger partial charge in [0.1, 0.15) is 5.60 Å². The first-order valence-electron chi connectivity index (χ1n) is 17.0. The summed E-state index contributed by atoms with van der Waals surface area (Å²) in [5.41, 5.74) is -3.46. The lowest BCUT2D eigenvalue weighted by molar-refractivity contribution is -0.143. The second-order valence-corrected chi connectivity index (χ2v) is 14.5. The third-order valence-electron chi connectivity index (χ3n) is 9.70. The Balaban J connectivity index is 1.22. The number of amides is 3. The van der Waals surface area contributed by atoms with Crippen molar-refractivity contribution < 1.29 is 45.5 Å². The molecule has 2 aromatic carbocycles. The first kappa shape index (κ1) is 37.4. The van der Waals surface area contributed by atoms with Crippen LogP contribution in [-0.2, 0) is 28.3 Å². The second-order valence-electron chi connectivity index (χ2n) is 14.5. The number of carbonyl (C=O) groups is 3. The lowest BCUT2D eigenvalue weighted by atomic mass is 9.84. The highest BCUT2D eigenvalue weighted by atomic mass is 19.4. The predicted molar refractivity (Wildman–Crippen MR) is 173 cm³/mol. The zero-order valence-corrected chi connectivity index (χ0v) is 28.5. The molecular formula is C36H44F6N4O4. The molecule has 0 N–H and O–H groups in total. The second kappa shape index (κ2) is 14.8. The molecule has 3 saturated heterocycles. The Morgan fingerprint density at radius 1 is 0.780 bits per heavy atom. The van der Waals surface area contributed by atoms with Crippen LogP contribution in [0.1, 0.15) is 73.5 Å². The molecule has 3 amide bonds. The topological polar surface area (TPSA) is 73.4 Å². The van der Waals surface area contributed by atoms with Gasteiger partial charge in [0.05, 0.1) is 11.1 Å². The molecule has 0 aliphatic carbocycles. The fourth-order valence-electron chi connectivity index (χ4n) is 7.16. The maximum Gasteiger partial charge on any atom is 0.416 e. The third-order valence-corrected chi connectivity index (χ3v) is 9.70. The summed E-state index contributed by atoms with van der Waals surface area (Å²) in [6.07, 6.45) is -8.32. The van der Waals surface area contributed by atoms with Crippen molar-refractivity contribution in [2.24, 2.45) is 5.92 Å². The quantitative estimate of drug-likeness (QED) is 0.311. The molecule has 3 fully saturated rings. The molecule has 0 bridgehead atoms. The summed E-state index contributed by atoms with van der Waals surface area (Å²) in [6, 6.07) is 9.77. The number of nitrogens with zero attached hydrogens (tertiary/aromatic N) is 4. The SMILES string of the molecule is CC(C)(C)OC(=O)N1CCC(N2CCN(C(=O)CC3CCN(C(=O)c4cc(C(F)(F)F)cc(C(F)(F)F)c4)C(Cc4ccccc4)C3)CC2)C1. The van der Waals surface area contributed by atoms with E-state index in [0.717, 1.165) is 12.0 Å². The average molecular weight is 711 g/mol. The van der Waals surface area contributed by atoms with E-state index in [1.54, 1.807) is 4.90 Å². The minimum Gasteiger partial charge on any atom is -0.444 e. The molecule has 0 aromatic heterocycles. The van der Waals surface area contributed by atoms with Crippen molar-refractivity contribution in [2.45, 2.75) is 82.9 Å². The van der Waals surface area contributed by atoms with Gasteiger partial charge in [-0.05, 0) is 76.1 Å². The highest BCUT2D eigenvalue weighted by Crippen LogP contribution is 2.38. The van der Waals surface area contributed by atoms with E-state index >= 15 is 0 Å². The van der Waals surface area contributed by atoms with Gasteiger partial charge in [-0.25, -0.2) is 4.79 Å². The molecule has 5 rings (SSSR count). The Kier molecular flexibility index (Phi) is 11.1. The van der Waals surface area contributed by atoms with Crippen LogP contribution in [-0.4, -0.2) is 101 Å². The molecule has 14 heteroatoms. The highest BCUT2D eigenvalue weighted by molar-refractivity contribution is 5.95. The lowest BCUT2D eigenvalue weighted by Crippen LogP contribution is -2.53. The van der Waals surface area contributed by atoms with Crippen molar-refractivity contribution >= 4 is 17.9 Å². The number of carbonyl (C=O) groups excluding carboxylic acids is 3. The number of likely N-dealkylation sites (tertiary alicyclic amines) is 2. The van der Waals surface area contributed by atoms with Crippen LogP contribution in [0.3, 0.4) is 0 Å². The molecule has 3 unspecified atom stereocenters. The first-order valence-corrected chi connectivity index (χ1v) is 17.0. The molecule has 3 aliphatic heterocycles. The summed E-state index contributed by atoms with van der Waals surface area (Å²) >= 11 is 0. The summed E-state index contributed by atoms with van der Waals surface area (Å²) < 4.78 is 87.0. The molecule has 8 nitrogen and oxygen atoms in total. The number of piperazine rings is 1. The van der Waals surface area contributed by atoms with Crippen LogP contribution in [0.4, 0.5) is 31.1 Å². The number of ether oxygens (including phenoxy) is 1. The van der Waals surface area contributed by atoms with Crippen molar-refractivity contribution in [3.8, 4) is 0 Å². The van der Waals surface area contributed by atoms with Crippen LogP contribution in [0, 0.1) is 5.92 Å². The van der Waals surface area contributed by atoms with Gasteiger partial charge >= 0.3 is 18.4 Å². The molecule has 50 heavy (non-hydrogen) atoms. The minimum absolute atomic E-state index is 0.0162. The van der Waals surface area contributed by atoms with E-state index < -0.39 is 46.6 Å². The average Bonchev–Trinajstić information content (AvgIpc) is 3.54. The zero-order valence-electron chi connectivity index (χ0n) is 28.5. The van der Waals surface area contributed by atoms with Crippen molar-refractivity contribution in [3.63, 3.8) is 0 Å². The van der Waals surface area contributed by atoms with Crippen molar-refractivity contribution in [1.29, 1.82) is 0 Å². The van der Waals surface area contributed by atoms with Gasteiger partial charge in [0.25, 0.3) is 5.91 Å². The molecule has 274 valence electrons. The Hall–Kier alpha value is -3.81. The maximum absolute atomic E-state index is 13.7. The summed E-state index contributed by atoms with van der Waals surface area (Å²) in [6.45, 7) is 9.16. The summed E-state index contributed by atoms with van der Waals surface area (Å²) in [5, 5.41) is 0. The number of alkyl halides is 6. The molecular weight excluding hydrogens is 666 g/mol. The van der Waals surface area contributed by atoms with Crippen LogP contribution < -0.4 is 0 Å². The Bertz CT molecular complexity index is 1490. The van der Waals surface area contributed by atoms with Crippen molar-refractivity contribution in [1.82, 2.24) is 19.6 Å². The normalized spacial score (nSPS) is 22.5. The monoisotopic (exact) mass is 710 g/mol.